The molecule has 0 saturated heterocycles. The molecular weight excluding hydrogens is 126 g/mol. The van der Waals surface area contributed by atoms with Crippen molar-refractivity contribution in [3.05, 3.63) is 23.8 Å². The van der Waals surface area contributed by atoms with Gasteiger partial charge in [-0.1, -0.05) is 24.3 Å². The highest BCUT2D eigenvalue weighted by Crippen LogP contribution is 1.97. The number of allylic oxidation sites excluding steroid dienone is 2. The molecule has 0 aliphatic rings. The van der Waals surface area contributed by atoms with Crippen LogP contribution in [0.3, 0.4) is 0 Å². The second-order valence-corrected chi connectivity index (χ2v) is 1.52. The molecule has 0 bridgehead atoms. The van der Waals surface area contributed by atoms with E-state index in [-0.39, 0.29) is 5.03 Å². The number of rotatable bonds is 2. The Morgan fingerprint density at radius 3 is 2.38 bits per heavy atom. The molecule has 0 radical (unpaired) electrons. The molecule has 0 spiro atoms. The number of carbonyl (C=O) groups is 1. The maximum absolute atomic E-state index is 10.1. The normalized spacial score (nSPS) is 10.9. The van der Waals surface area contributed by atoms with Gasteiger partial charge in [0.15, 0.2) is 0 Å². The lowest BCUT2D eigenvalue weighted by Gasteiger charge is -1.83. The molecule has 0 aliphatic carbocycles. The SMILES string of the molecule is C=CC=C(Cl)C(N)=O. The summed E-state index contributed by atoms with van der Waals surface area (Å²) >= 11 is 5.23. The molecule has 0 aromatic heterocycles. The third kappa shape index (κ3) is 2.42. The van der Waals surface area contributed by atoms with E-state index in [1.54, 1.807) is 0 Å². The van der Waals surface area contributed by atoms with Gasteiger partial charge in [0.25, 0.3) is 5.91 Å². The minimum absolute atomic E-state index is 0.000000000000000222. The Labute approximate surface area is 52.6 Å². The standard InChI is InChI=1S/C5H6ClNO/c1-2-3-4(6)5(7)8/h2-3H,1H2,(H2,7,8). The van der Waals surface area contributed by atoms with Gasteiger partial charge in [-0.2, -0.15) is 0 Å². The third-order valence-electron chi connectivity index (χ3n) is 0.500. The minimum Gasteiger partial charge on any atom is -0.365 e. The van der Waals surface area contributed by atoms with Crippen molar-refractivity contribution in [2.75, 3.05) is 0 Å². The molecule has 0 atom stereocenters. The number of nitrogens with two attached hydrogens (primary N) is 1. The van der Waals surface area contributed by atoms with Crippen LogP contribution in [0.25, 0.3) is 0 Å². The van der Waals surface area contributed by atoms with Crippen LogP contribution < -0.4 is 5.73 Å². The molecule has 3 heteroatoms. The highest BCUT2D eigenvalue weighted by molar-refractivity contribution is 6.42. The number of primary amides is 1. The summed E-state index contributed by atoms with van der Waals surface area (Å²) in [6, 6.07) is 0. The quantitative estimate of drug-likeness (QED) is 0.437. The van der Waals surface area contributed by atoms with Gasteiger partial charge in [-0.25, -0.2) is 0 Å². The fourth-order valence-corrected chi connectivity index (χ4v) is 0.275. The van der Waals surface area contributed by atoms with Crippen molar-refractivity contribution < 1.29 is 4.79 Å². The Bertz CT molecular complexity index is 139. The molecule has 0 saturated carbocycles. The molecule has 0 aromatic carbocycles. The van der Waals surface area contributed by atoms with Gasteiger partial charge in [0.05, 0.1) is 0 Å². The van der Waals surface area contributed by atoms with Crippen molar-refractivity contribution in [1.29, 1.82) is 0 Å². The molecule has 0 fully saturated rings. The molecule has 44 valence electrons. The summed E-state index contributed by atoms with van der Waals surface area (Å²) in [5.74, 6) is -0.633. The first-order valence-corrected chi connectivity index (χ1v) is 2.34. The van der Waals surface area contributed by atoms with Gasteiger partial charge >= 0.3 is 0 Å². The smallest absolute Gasteiger partial charge is 0.260 e. The molecule has 0 unspecified atom stereocenters. The maximum Gasteiger partial charge on any atom is 0.260 e. The second kappa shape index (κ2) is 3.27. The van der Waals surface area contributed by atoms with Crippen LogP contribution in [0.2, 0.25) is 0 Å². The Hall–Kier alpha value is -0.760. The highest BCUT2D eigenvalue weighted by Gasteiger charge is 1.94. The van der Waals surface area contributed by atoms with Crippen LogP contribution in [0.5, 0.6) is 0 Å². The molecule has 0 aromatic rings. The number of amides is 1. The molecule has 2 nitrogen and oxygen atoms in total. The lowest BCUT2D eigenvalue weighted by atomic mass is 10.5. The van der Waals surface area contributed by atoms with E-state index in [0.717, 1.165) is 0 Å². The fraction of sp³-hybridized carbons (Fsp3) is 0. The Morgan fingerprint density at radius 2 is 2.25 bits per heavy atom. The average molecular weight is 132 g/mol. The van der Waals surface area contributed by atoms with E-state index >= 15 is 0 Å². The first-order chi connectivity index (χ1) is 3.68. The molecule has 1 amide bonds. The van der Waals surface area contributed by atoms with Crippen LogP contribution in [-0.2, 0) is 4.79 Å². The first-order valence-electron chi connectivity index (χ1n) is 1.96. The lowest BCUT2D eigenvalue weighted by molar-refractivity contribution is -0.113. The van der Waals surface area contributed by atoms with Crippen molar-refractivity contribution >= 4 is 17.5 Å². The van der Waals surface area contributed by atoms with Gasteiger partial charge in [-0.15, -0.1) is 0 Å². The molecule has 0 aliphatic heterocycles. The maximum atomic E-state index is 10.1. The molecule has 8 heavy (non-hydrogen) atoms. The minimum atomic E-state index is -0.633. The van der Waals surface area contributed by atoms with Gasteiger partial charge < -0.3 is 5.73 Å². The van der Waals surface area contributed by atoms with Crippen molar-refractivity contribution in [2.24, 2.45) is 5.73 Å². The van der Waals surface area contributed by atoms with Gasteiger partial charge in [0.2, 0.25) is 0 Å². The van der Waals surface area contributed by atoms with Gasteiger partial charge in [-0.3, -0.25) is 4.79 Å². The highest BCUT2D eigenvalue weighted by atomic mass is 35.5. The summed E-state index contributed by atoms with van der Waals surface area (Å²) in [7, 11) is 0. The molecular formula is C5H6ClNO. The van der Waals surface area contributed by atoms with E-state index in [1.807, 2.05) is 0 Å². The zero-order valence-corrected chi connectivity index (χ0v) is 4.98. The van der Waals surface area contributed by atoms with Crippen molar-refractivity contribution in [3.8, 4) is 0 Å². The monoisotopic (exact) mass is 131 g/mol. The number of hydrogen-bond acceptors (Lipinski definition) is 1. The van der Waals surface area contributed by atoms with E-state index in [0.29, 0.717) is 0 Å². The van der Waals surface area contributed by atoms with E-state index in [4.69, 9.17) is 17.3 Å². The van der Waals surface area contributed by atoms with Gasteiger partial charge in [0, 0.05) is 0 Å². The van der Waals surface area contributed by atoms with Crippen LogP contribution in [0.1, 0.15) is 0 Å². The zero-order valence-electron chi connectivity index (χ0n) is 4.23. The predicted octanol–water partition coefficient (Wildman–Crippen LogP) is 0.780. The van der Waals surface area contributed by atoms with Crippen LogP contribution in [0, 0.1) is 0 Å². The average Bonchev–Trinajstić information content (AvgIpc) is 1.67. The van der Waals surface area contributed by atoms with Gasteiger partial charge in [-0.05, 0) is 6.08 Å². The number of halogens is 1. The number of hydrogen-bond donors (Lipinski definition) is 1. The largest absolute Gasteiger partial charge is 0.365 e. The third-order valence-corrected chi connectivity index (χ3v) is 0.812. The van der Waals surface area contributed by atoms with E-state index in [9.17, 15) is 4.79 Å². The molecule has 0 heterocycles. The Balaban J connectivity index is 3.99. The van der Waals surface area contributed by atoms with E-state index < -0.39 is 5.91 Å². The Morgan fingerprint density at radius 1 is 1.75 bits per heavy atom. The zero-order chi connectivity index (χ0) is 6.57. The Kier molecular flexibility index (Phi) is 2.96. The summed E-state index contributed by atoms with van der Waals surface area (Å²) in [4.78, 5) is 10.1. The lowest BCUT2D eigenvalue weighted by Crippen LogP contribution is -2.09. The summed E-state index contributed by atoms with van der Waals surface area (Å²) < 4.78 is 0. The van der Waals surface area contributed by atoms with Crippen LogP contribution in [0.4, 0.5) is 0 Å². The summed E-state index contributed by atoms with van der Waals surface area (Å²) in [6.45, 7) is 3.31. The van der Waals surface area contributed by atoms with Gasteiger partial charge in [0.1, 0.15) is 5.03 Å². The van der Waals surface area contributed by atoms with Crippen LogP contribution in [-0.4, -0.2) is 5.91 Å². The van der Waals surface area contributed by atoms with Crippen LogP contribution >= 0.6 is 11.6 Å². The fourth-order valence-electron chi connectivity index (χ4n) is 0.186. The summed E-state index contributed by atoms with van der Waals surface area (Å²) in [5, 5.41) is 0.000000000000000222. The second-order valence-electron chi connectivity index (χ2n) is 1.11. The molecule has 0 rings (SSSR count). The van der Waals surface area contributed by atoms with Crippen molar-refractivity contribution in [1.82, 2.24) is 0 Å². The van der Waals surface area contributed by atoms with Crippen LogP contribution in [0.15, 0.2) is 23.8 Å². The first kappa shape index (κ1) is 7.24. The topological polar surface area (TPSA) is 43.1 Å². The summed E-state index contributed by atoms with van der Waals surface area (Å²) in [6.07, 6.45) is 2.73. The van der Waals surface area contributed by atoms with Crippen molar-refractivity contribution in [3.63, 3.8) is 0 Å². The van der Waals surface area contributed by atoms with E-state index in [1.165, 1.54) is 12.2 Å². The van der Waals surface area contributed by atoms with Crippen molar-refractivity contribution in [2.45, 2.75) is 0 Å². The summed E-state index contributed by atoms with van der Waals surface area (Å²) in [5.41, 5.74) is 4.74. The number of carbonyl (C=O) groups excluding carboxylic acids is 1. The predicted molar refractivity (Wildman–Crippen MR) is 33.3 cm³/mol. The van der Waals surface area contributed by atoms with E-state index in [2.05, 4.69) is 6.58 Å². The molecule has 2 N–H and O–H groups in total.